The molecule has 0 spiro atoms. The molecule has 17 heavy (non-hydrogen) atoms. The van der Waals surface area contributed by atoms with Gasteiger partial charge in [0, 0.05) is 6.54 Å². The number of halogens is 1. The molecule has 1 N–H and O–H groups in total. The first-order valence-corrected chi connectivity index (χ1v) is 6.06. The van der Waals surface area contributed by atoms with Crippen LogP contribution in [0.2, 0.25) is 5.15 Å². The van der Waals surface area contributed by atoms with Gasteiger partial charge in [0.05, 0.1) is 5.56 Å². The van der Waals surface area contributed by atoms with Crippen LogP contribution in [0.15, 0.2) is 0 Å². The molecule has 1 atom stereocenters. The number of carbonyl (C=O) groups excluding carboxylic acids is 1. The van der Waals surface area contributed by atoms with E-state index in [1.807, 2.05) is 0 Å². The van der Waals surface area contributed by atoms with Crippen molar-refractivity contribution >= 4 is 23.7 Å². The van der Waals surface area contributed by atoms with Crippen LogP contribution < -0.4 is 5.32 Å². The van der Waals surface area contributed by atoms with Crippen LogP contribution in [0.25, 0.3) is 0 Å². The van der Waals surface area contributed by atoms with Crippen molar-refractivity contribution in [3.63, 3.8) is 0 Å². The number of anilines is 1. The third-order valence-electron chi connectivity index (χ3n) is 2.86. The molecule has 0 bridgehead atoms. The Morgan fingerprint density at radius 3 is 2.53 bits per heavy atom. The molecule has 0 aliphatic rings. The van der Waals surface area contributed by atoms with Gasteiger partial charge < -0.3 is 5.32 Å². The van der Waals surface area contributed by atoms with E-state index in [1.165, 1.54) is 0 Å². The SMILES string of the molecule is Cc1nc(Cl)c(C=O)c(NCC(C)C(C)C)n1. The molecule has 0 aliphatic carbocycles. The first-order chi connectivity index (χ1) is 7.95. The van der Waals surface area contributed by atoms with Crippen molar-refractivity contribution in [1.82, 2.24) is 9.97 Å². The molecule has 1 heterocycles. The number of hydrogen-bond donors (Lipinski definition) is 1. The maximum Gasteiger partial charge on any atom is 0.156 e. The number of carbonyl (C=O) groups is 1. The zero-order valence-corrected chi connectivity index (χ0v) is 11.4. The van der Waals surface area contributed by atoms with E-state index in [1.54, 1.807) is 6.92 Å². The number of aldehydes is 1. The Kier molecular flexibility index (Phi) is 4.87. The summed E-state index contributed by atoms with van der Waals surface area (Å²) in [5.41, 5.74) is 0.327. The number of nitrogens with zero attached hydrogens (tertiary/aromatic N) is 2. The van der Waals surface area contributed by atoms with Crippen LogP contribution in [0.1, 0.15) is 37.0 Å². The van der Waals surface area contributed by atoms with E-state index in [2.05, 4.69) is 36.1 Å². The molecule has 0 aromatic carbocycles. The van der Waals surface area contributed by atoms with E-state index >= 15 is 0 Å². The summed E-state index contributed by atoms with van der Waals surface area (Å²) in [6.07, 6.45) is 0.685. The summed E-state index contributed by atoms with van der Waals surface area (Å²) in [4.78, 5) is 19.1. The maximum absolute atomic E-state index is 10.9. The monoisotopic (exact) mass is 255 g/mol. The minimum atomic E-state index is 0.201. The molecule has 1 aromatic heterocycles. The molecule has 0 amide bonds. The first kappa shape index (κ1) is 13.9. The predicted molar refractivity (Wildman–Crippen MR) is 69.7 cm³/mol. The van der Waals surface area contributed by atoms with Gasteiger partial charge in [-0.25, -0.2) is 9.97 Å². The molecular formula is C12H18ClN3O. The summed E-state index contributed by atoms with van der Waals surface area (Å²) in [7, 11) is 0. The highest BCUT2D eigenvalue weighted by molar-refractivity contribution is 6.32. The lowest BCUT2D eigenvalue weighted by Gasteiger charge is -2.17. The highest BCUT2D eigenvalue weighted by Crippen LogP contribution is 2.20. The van der Waals surface area contributed by atoms with Crippen molar-refractivity contribution in [2.24, 2.45) is 11.8 Å². The Morgan fingerprint density at radius 1 is 1.35 bits per heavy atom. The molecule has 0 radical (unpaired) electrons. The van der Waals surface area contributed by atoms with E-state index < -0.39 is 0 Å². The second-order valence-corrected chi connectivity index (χ2v) is 4.90. The van der Waals surface area contributed by atoms with Gasteiger partial charge in [0.1, 0.15) is 16.8 Å². The highest BCUT2D eigenvalue weighted by Gasteiger charge is 2.13. The van der Waals surface area contributed by atoms with Crippen LogP contribution in [0.5, 0.6) is 0 Å². The van der Waals surface area contributed by atoms with Crippen molar-refractivity contribution in [3.8, 4) is 0 Å². The summed E-state index contributed by atoms with van der Waals surface area (Å²) in [5, 5.41) is 3.36. The van der Waals surface area contributed by atoms with Crippen LogP contribution in [0.4, 0.5) is 5.82 Å². The van der Waals surface area contributed by atoms with Gasteiger partial charge in [-0.15, -0.1) is 0 Å². The molecule has 0 fully saturated rings. The minimum Gasteiger partial charge on any atom is -0.369 e. The van der Waals surface area contributed by atoms with Gasteiger partial charge in [-0.1, -0.05) is 32.4 Å². The number of aryl methyl sites for hydroxylation is 1. The van der Waals surface area contributed by atoms with E-state index in [4.69, 9.17) is 11.6 Å². The number of nitrogens with one attached hydrogen (secondary N) is 1. The van der Waals surface area contributed by atoms with Crippen molar-refractivity contribution < 1.29 is 4.79 Å². The largest absolute Gasteiger partial charge is 0.369 e. The molecule has 0 aliphatic heterocycles. The van der Waals surface area contributed by atoms with Gasteiger partial charge >= 0.3 is 0 Å². The van der Waals surface area contributed by atoms with Crippen molar-refractivity contribution in [2.45, 2.75) is 27.7 Å². The number of rotatable bonds is 5. The van der Waals surface area contributed by atoms with E-state index in [9.17, 15) is 4.79 Å². The van der Waals surface area contributed by atoms with E-state index in [0.29, 0.717) is 35.3 Å². The van der Waals surface area contributed by atoms with Crippen LogP contribution in [0, 0.1) is 18.8 Å². The van der Waals surface area contributed by atoms with Crippen molar-refractivity contribution in [3.05, 3.63) is 16.5 Å². The quantitative estimate of drug-likeness (QED) is 0.649. The molecule has 1 rings (SSSR count). The van der Waals surface area contributed by atoms with Crippen LogP contribution >= 0.6 is 11.6 Å². The second kappa shape index (κ2) is 5.96. The Labute approximate surface area is 107 Å². The Hall–Kier alpha value is -1.16. The zero-order chi connectivity index (χ0) is 13.0. The Morgan fingerprint density at radius 2 is 2.00 bits per heavy atom. The number of aromatic nitrogens is 2. The minimum absolute atomic E-state index is 0.201. The zero-order valence-electron chi connectivity index (χ0n) is 10.6. The summed E-state index contributed by atoms with van der Waals surface area (Å²) in [5.74, 6) is 2.13. The van der Waals surface area contributed by atoms with E-state index in [-0.39, 0.29) is 5.15 Å². The smallest absolute Gasteiger partial charge is 0.156 e. The lowest BCUT2D eigenvalue weighted by molar-refractivity contribution is 0.112. The van der Waals surface area contributed by atoms with Crippen LogP contribution in [-0.4, -0.2) is 22.8 Å². The fourth-order valence-electron chi connectivity index (χ4n) is 1.28. The highest BCUT2D eigenvalue weighted by atomic mass is 35.5. The average Bonchev–Trinajstić information content (AvgIpc) is 2.24. The van der Waals surface area contributed by atoms with Crippen molar-refractivity contribution in [2.75, 3.05) is 11.9 Å². The molecule has 4 nitrogen and oxygen atoms in total. The third kappa shape index (κ3) is 3.66. The molecule has 94 valence electrons. The molecule has 1 unspecified atom stereocenters. The predicted octanol–water partition coefficient (Wildman–Crippen LogP) is 2.95. The van der Waals surface area contributed by atoms with Crippen LogP contribution in [0.3, 0.4) is 0 Å². The topological polar surface area (TPSA) is 54.9 Å². The maximum atomic E-state index is 10.9. The third-order valence-corrected chi connectivity index (χ3v) is 3.15. The fraction of sp³-hybridized carbons (Fsp3) is 0.583. The second-order valence-electron chi connectivity index (χ2n) is 4.54. The Balaban J connectivity index is 2.86. The summed E-state index contributed by atoms with van der Waals surface area (Å²) in [6, 6.07) is 0. The van der Waals surface area contributed by atoms with Gasteiger partial charge in [-0.05, 0) is 18.8 Å². The number of hydrogen-bond acceptors (Lipinski definition) is 4. The average molecular weight is 256 g/mol. The standard InChI is InChI=1S/C12H18ClN3O/c1-7(2)8(3)5-14-12-10(6-17)11(13)15-9(4)16-12/h6-8H,5H2,1-4H3,(H,14,15,16). The van der Waals surface area contributed by atoms with Gasteiger partial charge in [-0.2, -0.15) is 0 Å². The van der Waals surface area contributed by atoms with E-state index in [0.717, 1.165) is 6.54 Å². The summed E-state index contributed by atoms with van der Waals surface area (Å²) < 4.78 is 0. The summed E-state index contributed by atoms with van der Waals surface area (Å²) in [6.45, 7) is 8.97. The lowest BCUT2D eigenvalue weighted by atomic mass is 9.98. The van der Waals surface area contributed by atoms with Gasteiger partial charge in [-0.3, -0.25) is 4.79 Å². The lowest BCUT2D eigenvalue weighted by Crippen LogP contribution is -2.18. The van der Waals surface area contributed by atoms with Crippen molar-refractivity contribution in [1.29, 1.82) is 0 Å². The molecule has 5 heteroatoms. The van der Waals surface area contributed by atoms with Gasteiger partial charge in [0.25, 0.3) is 0 Å². The first-order valence-electron chi connectivity index (χ1n) is 5.68. The van der Waals surface area contributed by atoms with Gasteiger partial charge in [0.15, 0.2) is 6.29 Å². The fourth-order valence-corrected chi connectivity index (χ4v) is 1.54. The molecular weight excluding hydrogens is 238 g/mol. The molecule has 0 saturated heterocycles. The molecule has 0 saturated carbocycles. The van der Waals surface area contributed by atoms with Gasteiger partial charge in [0.2, 0.25) is 0 Å². The Bertz CT molecular complexity index is 407. The van der Waals surface area contributed by atoms with Crippen LogP contribution in [-0.2, 0) is 0 Å². The summed E-state index contributed by atoms with van der Waals surface area (Å²) >= 11 is 5.89. The molecule has 1 aromatic rings. The normalized spacial score (nSPS) is 12.6.